The number of fused-ring (bicyclic) bond motifs is 1. The zero-order chi connectivity index (χ0) is 15.5. The van der Waals surface area contributed by atoms with Crippen molar-refractivity contribution < 1.29 is 0 Å². The number of pyridine rings is 1. The number of nitrogens with zero attached hydrogens (tertiary/aromatic N) is 4. The summed E-state index contributed by atoms with van der Waals surface area (Å²) in [4.78, 5) is 13.2. The second kappa shape index (κ2) is 7.06. The fourth-order valence-corrected chi connectivity index (χ4v) is 2.38. The molecule has 0 atom stereocenters. The van der Waals surface area contributed by atoms with Gasteiger partial charge in [-0.1, -0.05) is 12.1 Å². The van der Waals surface area contributed by atoms with Crippen LogP contribution in [0, 0.1) is 0 Å². The summed E-state index contributed by atoms with van der Waals surface area (Å²) in [5.74, 6) is 0.748. The normalized spacial score (nSPS) is 10.3. The van der Waals surface area contributed by atoms with E-state index in [1.54, 1.807) is 18.6 Å². The lowest BCUT2D eigenvalue weighted by atomic mass is 10.1. The minimum absolute atomic E-state index is 0. The maximum Gasteiger partial charge on any atom is 0.145 e. The van der Waals surface area contributed by atoms with Gasteiger partial charge < -0.3 is 5.32 Å². The van der Waals surface area contributed by atoms with Crippen molar-refractivity contribution in [2.75, 3.05) is 5.32 Å². The molecule has 7 heteroatoms. The van der Waals surface area contributed by atoms with E-state index in [4.69, 9.17) is 0 Å². The summed E-state index contributed by atoms with van der Waals surface area (Å²) < 4.78 is 0. The summed E-state index contributed by atoms with van der Waals surface area (Å²) in [7, 11) is 0. The van der Waals surface area contributed by atoms with Crippen LogP contribution >= 0.6 is 12.4 Å². The quantitative estimate of drug-likeness (QED) is 0.595. The van der Waals surface area contributed by atoms with Gasteiger partial charge in [-0.25, -0.2) is 4.98 Å². The first kappa shape index (κ1) is 15.9. The fourth-order valence-electron chi connectivity index (χ4n) is 2.38. The predicted octanol–water partition coefficient (Wildman–Crippen LogP) is 3.45. The van der Waals surface area contributed by atoms with Crippen LogP contribution in [0.25, 0.3) is 22.2 Å². The molecule has 2 N–H and O–H groups in total. The van der Waals surface area contributed by atoms with Gasteiger partial charge >= 0.3 is 0 Å². The molecule has 0 unspecified atom stereocenters. The smallest absolute Gasteiger partial charge is 0.145 e. The molecule has 120 valence electrons. The number of halogens is 1. The summed E-state index contributed by atoms with van der Waals surface area (Å²) in [6, 6.07) is 9.94. The van der Waals surface area contributed by atoms with Crippen molar-refractivity contribution in [3.8, 4) is 11.1 Å². The Bertz CT molecular complexity index is 924. The molecule has 0 aliphatic heterocycles. The van der Waals surface area contributed by atoms with Crippen LogP contribution in [0.4, 0.5) is 5.82 Å². The van der Waals surface area contributed by atoms with Crippen molar-refractivity contribution in [3.63, 3.8) is 0 Å². The molecular weight excluding hydrogens is 324 g/mol. The third kappa shape index (κ3) is 3.33. The molecule has 0 saturated carbocycles. The molecule has 0 spiro atoms. The summed E-state index contributed by atoms with van der Waals surface area (Å²) >= 11 is 0. The molecule has 4 rings (SSSR count). The number of benzene rings is 1. The Morgan fingerprint density at radius 3 is 2.75 bits per heavy atom. The fraction of sp³-hybridized carbons (Fsp3) is 0.0588. The van der Waals surface area contributed by atoms with E-state index in [9.17, 15) is 0 Å². The number of hydrogen-bond donors (Lipinski definition) is 2. The molecule has 0 amide bonds. The SMILES string of the molecule is Cl.c1cncc(CNc2cnc3cc(-c4cn[nH]c4)ccc3n2)c1. The van der Waals surface area contributed by atoms with Crippen LogP contribution in [0.5, 0.6) is 0 Å². The standard InChI is InChI=1S/C17H14N6.ClH/c1-2-12(7-18-5-1)8-20-17-11-19-16-6-13(3-4-15(16)23-17)14-9-21-22-10-14;/h1-7,9-11H,8H2,(H,20,23)(H,21,22);1H. The summed E-state index contributed by atoms with van der Waals surface area (Å²) in [5.41, 5.74) is 4.91. The summed E-state index contributed by atoms with van der Waals surface area (Å²) in [5, 5.41) is 10.1. The van der Waals surface area contributed by atoms with Crippen LogP contribution in [0.2, 0.25) is 0 Å². The maximum atomic E-state index is 4.60. The number of anilines is 1. The lowest BCUT2D eigenvalue weighted by Crippen LogP contribution is -2.02. The number of hydrogen-bond acceptors (Lipinski definition) is 5. The third-order valence-corrected chi connectivity index (χ3v) is 3.57. The van der Waals surface area contributed by atoms with Crippen LogP contribution in [0.15, 0.2) is 61.3 Å². The number of nitrogens with one attached hydrogen (secondary N) is 2. The highest BCUT2D eigenvalue weighted by atomic mass is 35.5. The number of rotatable bonds is 4. The van der Waals surface area contributed by atoms with Gasteiger partial charge in [-0.15, -0.1) is 12.4 Å². The van der Waals surface area contributed by atoms with Crippen molar-refractivity contribution in [3.05, 3.63) is 66.9 Å². The lowest BCUT2D eigenvalue weighted by molar-refractivity contribution is 1.08. The van der Waals surface area contributed by atoms with Crippen LogP contribution in [0.3, 0.4) is 0 Å². The van der Waals surface area contributed by atoms with Crippen LogP contribution in [-0.4, -0.2) is 25.1 Å². The first-order valence-electron chi connectivity index (χ1n) is 7.27. The summed E-state index contributed by atoms with van der Waals surface area (Å²) in [6.45, 7) is 0.668. The van der Waals surface area contributed by atoms with E-state index < -0.39 is 0 Å². The highest BCUT2D eigenvalue weighted by molar-refractivity contribution is 5.85. The Morgan fingerprint density at radius 1 is 1.00 bits per heavy atom. The molecule has 0 fully saturated rings. The van der Waals surface area contributed by atoms with Gasteiger partial charge in [0.1, 0.15) is 5.82 Å². The molecule has 0 aliphatic carbocycles. The Balaban J connectivity index is 0.00000169. The molecule has 3 heterocycles. The molecule has 0 bridgehead atoms. The van der Waals surface area contributed by atoms with Gasteiger partial charge in [-0.05, 0) is 29.3 Å². The minimum Gasteiger partial charge on any atom is -0.365 e. The van der Waals surface area contributed by atoms with Crippen molar-refractivity contribution in [1.29, 1.82) is 0 Å². The monoisotopic (exact) mass is 338 g/mol. The van der Waals surface area contributed by atoms with E-state index in [1.165, 1.54) is 0 Å². The summed E-state index contributed by atoms with van der Waals surface area (Å²) in [6.07, 6.45) is 8.99. The number of aromatic amines is 1. The van der Waals surface area contributed by atoms with Crippen molar-refractivity contribution in [2.45, 2.75) is 6.54 Å². The Morgan fingerprint density at radius 2 is 1.96 bits per heavy atom. The van der Waals surface area contributed by atoms with Gasteiger partial charge in [-0.3, -0.25) is 15.1 Å². The van der Waals surface area contributed by atoms with E-state index in [2.05, 4.69) is 30.5 Å². The van der Waals surface area contributed by atoms with E-state index in [0.29, 0.717) is 6.54 Å². The third-order valence-electron chi connectivity index (χ3n) is 3.57. The Hall–Kier alpha value is -2.99. The highest BCUT2D eigenvalue weighted by Gasteiger charge is 2.04. The zero-order valence-corrected chi connectivity index (χ0v) is 13.5. The first-order valence-corrected chi connectivity index (χ1v) is 7.27. The first-order chi connectivity index (χ1) is 11.4. The topological polar surface area (TPSA) is 79.4 Å². The van der Waals surface area contributed by atoms with Crippen molar-refractivity contribution in [2.24, 2.45) is 0 Å². The van der Waals surface area contributed by atoms with Crippen molar-refractivity contribution >= 4 is 29.3 Å². The Labute approximate surface area is 144 Å². The van der Waals surface area contributed by atoms with Gasteiger partial charge in [0.25, 0.3) is 0 Å². The van der Waals surface area contributed by atoms with Crippen LogP contribution in [0.1, 0.15) is 5.56 Å². The Kier molecular flexibility index (Phi) is 4.67. The molecule has 4 aromatic rings. The van der Waals surface area contributed by atoms with Gasteiger partial charge in [0.2, 0.25) is 0 Å². The van der Waals surface area contributed by atoms with Gasteiger partial charge in [0.05, 0.1) is 23.4 Å². The molecule has 3 aromatic heterocycles. The highest BCUT2D eigenvalue weighted by Crippen LogP contribution is 2.22. The van der Waals surface area contributed by atoms with Crippen LogP contribution < -0.4 is 5.32 Å². The zero-order valence-electron chi connectivity index (χ0n) is 12.7. The van der Waals surface area contributed by atoms with Gasteiger partial charge in [0, 0.05) is 30.7 Å². The second-order valence-corrected chi connectivity index (χ2v) is 5.16. The second-order valence-electron chi connectivity index (χ2n) is 5.16. The average Bonchev–Trinajstić information content (AvgIpc) is 3.15. The van der Waals surface area contributed by atoms with E-state index in [1.807, 2.05) is 42.7 Å². The number of H-pyrrole nitrogens is 1. The molecule has 0 radical (unpaired) electrons. The van der Waals surface area contributed by atoms with E-state index in [-0.39, 0.29) is 12.4 Å². The molecular formula is C17H15ClN6. The van der Waals surface area contributed by atoms with Gasteiger partial charge in [-0.2, -0.15) is 5.10 Å². The number of aromatic nitrogens is 5. The van der Waals surface area contributed by atoms with Gasteiger partial charge in [0.15, 0.2) is 0 Å². The van der Waals surface area contributed by atoms with E-state index >= 15 is 0 Å². The van der Waals surface area contributed by atoms with E-state index in [0.717, 1.165) is 33.5 Å². The maximum absolute atomic E-state index is 4.60. The average molecular weight is 339 g/mol. The minimum atomic E-state index is 0. The molecule has 24 heavy (non-hydrogen) atoms. The van der Waals surface area contributed by atoms with Crippen LogP contribution in [-0.2, 0) is 6.54 Å². The largest absolute Gasteiger partial charge is 0.365 e. The molecule has 6 nitrogen and oxygen atoms in total. The molecule has 0 aliphatic rings. The lowest BCUT2D eigenvalue weighted by Gasteiger charge is -2.06. The molecule has 0 saturated heterocycles. The predicted molar refractivity (Wildman–Crippen MR) is 95.9 cm³/mol. The van der Waals surface area contributed by atoms with Crippen molar-refractivity contribution in [1.82, 2.24) is 25.1 Å². The molecule has 1 aromatic carbocycles.